The van der Waals surface area contributed by atoms with Gasteiger partial charge < -0.3 is 5.32 Å². The maximum absolute atomic E-state index is 4.67. The van der Waals surface area contributed by atoms with Crippen molar-refractivity contribution in [1.29, 1.82) is 0 Å². The van der Waals surface area contributed by atoms with Crippen molar-refractivity contribution in [3.05, 3.63) is 41.2 Å². The highest BCUT2D eigenvalue weighted by Gasteiger charge is 2.11. The van der Waals surface area contributed by atoms with Gasteiger partial charge in [0.15, 0.2) is 0 Å². The lowest BCUT2D eigenvalue weighted by Crippen LogP contribution is -2.07. The second kappa shape index (κ2) is 6.75. The summed E-state index contributed by atoms with van der Waals surface area (Å²) in [4.78, 5) is 10.5. The van der Waals surface area contributed by atoms with Gasteiger partial charge in [-0.2, -0.15) is 0 Å². The Kier molecular flexibility index (Phi) is 5.01. The molecule has 0 amide bonds. The first kappa shape index (κ1) is 14.9. The second-order valence-electron chi connectivity index (χ2n) is 4.72. The molecule has 2 rings (SSSR count). The van der Waals surface area contributed by atoms with Crippen LogP contribution in [-0.2, 0) is 6.42 Å². The fourth-order valence-electron chi connectivity index (χ4n) is 1.93. The molecule has 0 radical (unpaired) electrons. The van der Waals surface area contributed by atoms with E-state index in [1.54, 1.807) is 11.8 Å². The van der Waals surface area contributed by atoms with Crippen molar-refractivity contribution in [2.45, 2.75) is 44.0 Å². The van der Waals surface area contributed by atoms with Gasteiger partial charge in [-0.25, -0.2) is 9.97 Å². The topological polar surface area (TPSA) is 37.8 Å². The van der Waals surface area contributed by atoms with Crippen molar-refractivity contribution in [2.24, 2.45) is 0 Å². The first-order valence-electron chi connectivity index (χ1n) is 7.00. The molecule has 0 atom stereocenters. The van der Waals surface area contributed by atoms with E-state index in [1.165, 1.54) is 10.5 Å². The Morgan fingerprint density at radius 2 is 1.95 bits per heavy atom. The third-order valence-corrected chi connectivity index (χ3v) is 4.09. The summed E-state index contributed by atoms with van der Waals surface area (Å²) in [6.45, 7) is 9.23. The Hall–Kier alpha value is -1.55. The molecule has 1 aromatic carbocycles. The first-order valence-corrected chi connectivity index (χ1v) is 7.81. The number of aryl methyl sites for hydroxylation is 2. The molecular formula is C16H21N3S. The molecule has 3 nitrogen and oxygen atoms in total. The minimum atomic E-state index is 0.847. The molecule has 106 valence electrons. The van der Waals surface area contributed by atoms with E-state index >= 15 is 0 Å². The number of benzene rings is 1. The van der Waals surface area contributed by atoms with Crippen LogP contribution in [0.5, 0.6) is 0 Å². The molecule has 0 spiro atoms. The van der Waals surface area contributed by atoms with E-state index in [1.807, 2.05) is 0 Å². The molecule has 0 fully saturated rings. The summed E-state index contributed by atoms with van der Waals surface area (Å²) in [6.07, 6.45) is 0.847. The van der Waals surface area contributed by atoms with E-state index in [9.17, 15) is 0 Å². The highest BCUT2D eigenvalue weighted by molar-refractivity contribution is 7.99. The molecule has 0 aliphatic rings. The molecule has 0 unspecified atom stereocenters. The van der Waals surface area contributed by atoms with Gasteiger partial charge in [-0.1, -0.05) is 36.4 Å². The fourth-order valence-corrected chi connectivity index (χ4v) is 2.94. The Morgan fingerprint density at radius 3 is 2.60 bits per heavy atom. The standard InChI is InChI=1S/C16H21N3S/c1-5-14-18-15(17-6-2)12(4)16(19-14)20-13-9-7-8-11(3)10-13/h7-10H,5-6H2,1-4H3,(H,17,18,19). The van der Waals surface area contributed by atoms with Gasteiger partial charge in [0, 0.05) is 23.4 Å². The van der Waals surface area contributed by atoms with Crippen LogP contribution in [0.25, 0.3) is 0 Å². The summed E-state index contributed by atoms with van der Waals surface area (Å²) in [7, 11) is 0. The maximum Gasteiger partial charge on any atom is 0.133 e. The zero-order valence-corrected chi connectivity index (χ0v) is 13.3. The van der Waals surface area contributed by atoms with Crippen molar-refractivity contribution in [3.63, 3.8) is 0 Å². The predicted molar refractivity (Wildman–Crippen MR) is 85.6 cm³/mol. The Balaban J connectivity index is 2.37. The van der Waals surface area contributed by atoms with Gasteiger partial charge in [-0.05, 0) is 32.9 Å². The number of aromatic nitrogens is 2. The largest absolute Gasteiger partial charge is 0.370 e. The lowest BCUT2D eigenvalue weighted by atomic mass is 10.2. The Labute approximate surface area is 125 Å². The lowest BCUT2D eigenvalue weighted by molar-refractivity contribution is 0.870. The normalized spacial score (nSPS) is 10.6. The maximum atomic E-state index is 4.67. The van der Waals surface area contributed by atoms with E-state index in [4.69, 9.17) is 0 Å². The number of anilines is 1. The molecule has 0 aliphatic carbocycles. The van der Waals surface area contributed by atoms with Gasteiger partial charge in [0.05, 0.1) is 0 Å². The highest BCUT2D eigenvalue weighted by Crippen LogP contribution is 2.31. The minimum absolute atomic E-state index is 0.847. The molecule has 0 aliphatic heterocycles. The molecule has 0 bridgehead atoms. The van der Waals surface area contributed by atoms with Crippen LogP contribution >= 0.6 is 11.8 Å². The molecule has 0 saturated heterocycles. The van der Waals surface area contributed by atoms with Crippen LogP contribution in [0.3, 0.4) is 0 Å². The second-order valence-corrected chi connectivity index (χ2v) is 5.78. The van der Waals surface area contributed by atoms with Crippen molar-refractivity contribution < 1.29 is 0 Å². The van der Waals surface area contributed by atoms with Crippen LogP contribution in [-0.4, -0.2) is 16.5 Å². The van der Waals surface area contributed by atoms with Gasteiger partial charge in [0.1, 0.15) is 16.7 Å². The van der Waals surface area contributed by atoms with Crippen LogP contribution in [0.1, 0.15) is 30.8 Å². The molecule has 4 heteroatoms. The highest BCUT2D eigenvalue weighted by atomic mass is 32.2. The van der Waals surface area contributed by atoms with Crippen LogP contribution in [0.4, 0.5) is 5.82 Å². The fraction of sp³-hybridized carbons (Fsp3) is 0.375. The zero-order chi connectivity index (χ0) is 14.5. The molecule has 20 heavy (non-hydrogen) atoms. The van der Waals surface area contributed by atoms with Gasteiger partial charge in [0.2, 0.25) is 0 Å². The van der Waals surface area contributed by atoms with Gasteiger partial charge in [-0.15, -0.1) is 0 Å². The predicted octanol–water partition coefficient (Wildman–Crippen LogP) is 4.24. The van der Waals surface area contributed by atoms with E-state index in [2.05, 4.69) is 67.2 Å². The Morgan fingerprint density at radius 1 is 1.15 bits per heavy atom. The average Bonchev–Trinajstić information content (AvgIpc) is 2.43. The van der Waals surface area contributed by atoms with E-state index in [0.29, 0.717) is 0 Å². The first-order chi connectivity index (χ1) is 9.63. The summed E-state index contributed by atoms with van der Waals surface area (Å²) in [5, 5.41) is 4.36. The van der Waals surface area contributed by atoms with E-state index in [0.717, 1.165) is 35.2 Å². The molecule has 2 aromatic rings. The van der Waals surface area contributed by atoms with Crippen molar-refractivity contribution in [3.8, 4) is 0 Å². The van der Waals surface area contributed by atoms with Crippen molar-refractivity contribution in [2.75, 3.05) is 11.9 Å². The molecule has 0 saturated carbocycles. The molecule has 1 N–H and O–H groups in total. The van der Waals surface area contributed by atoms with E-state index in [-0.39, 0.29) is 0 Å². The summed E-state index contributed by atoms with van der Waals surface area (Å²) < 4.78 is 0. The van der Waals surface area contributed by atoms with Crippen molar-refractivity contribution >= 4 is 17.6 Å². The number of rotatable bonds is 5. The monoisotopic (exact) mass is 287 g/mol. The zero-order valence-electron chi connectivity index (χ0n) is 12.5. The van der Waals surface area contributed by atoms with Crippen molar-refractivity contribution in [1.82, 2.24) is 9.97 Å². The summed E-state index contributed by atoms with van der Waals surface area (Å²) >= 11 is 1.71. The number of hydrogen-bond donors (Lipinski definition) is 1. The van der Waals surface area contributed by atoms with Crippen LogP contribution in [0.15, 0.2) is 34.2 Å². The van der Waals surface area contributed by atoms with Crippen LogP contribution in [0.2, 0.25) is 0 Å². The van der Waals surface area contributed by atoms with E-state index < -0.39 is 0 Å². The third-order valence-electron chi connectivity index (χ3n) is 3.01. The number of nitrogens with one attached hydrogen (secondary N) is 1. The number of nitrogens with zero attached hydrogens (tertiary/aromatic N) is 2. The quantitative estimate of drug-likeness (QED) is 0.835. The minimum Gasteiger partial charge on any atom is -0.370 e. The van der Waals surface area contributed by atoms with Gasteiger partial charge >= 0.3 is 0 Å². The summed E-state index contributed by atoms with van der Waals surface area (Å²) in [6, 6.07) is 8.50. The van der Waals surface area contributed by atoms with Gasteiger partial charge in [0.25, 0.3) is 0 Å². The average molecular weight is 287 g/mol. The van der Waals surface area contributed by atoms with Gasteiger partial charge in [-0.3, -0.25) is 0 Å². The molecule has 1 aromatic heterocycles. The summed E-state index contributed by atoms with van der Waals surface area (Å²) in [5.74, 6) is 1.84. The Bertz CT molecular complexity index is 596. The van der Waals surface area contributed by atoms with Crippen LogP contribution < -0.4 is 5.32 Å². The summed E-state index contributed by atoms with van der Waals surface area (Å²) in [5.41, 5.74) is 2.39. The molecule has 1 heterocycles. The third kappa shape index (κ3) is 3.51. The SMILES string of the molecule is CCNc1nc(CC)nc(Sc2cccc(C)c2)c1C. The number of hydrogen-bond acceptors (Lipinski definition) is 4. The smallest absolute Gasteiger partial charge is 0.133 e. The van der Waals surface area contributed by atoms with Crippen LogP contribution in [0, 0.1) is 13.8 Å². The lowest BCUT2D eigenvalue weighted by Gasteiger charge is -2.12. The molecular weight excluding hydrogens is 266 g/mol.